The van der Waals surface area contributed by atoms with E-state index in [4.69, 9.17) is 0 Å². The maximum Gasteiger partial charge on any atom is 0.137 e. The van der Waals surface area contributed by atoms with Gasteiger partial charge < -0.3 is 4.98 Å². The number of rotatable bonds is 3. The van der Waals surface area contributed by atoms with Crippen molar-refractivity contribution in [3.8, 4) is 11.4 Å². The van der Waals surface area contributed by atoms with Crippen LogP contribution in [0.2, 0.25) is 0 Å². The number of aromatic nitrogens is 2. The first-order valence-corrected chi connectivity index (χ1v) is 5.88. The Morgan fingerprint density at radius 3 is 2.12 bits per heavy atom. The highest BCUT2D eigenvalue weighted by molar-refractivity contribution is 5.85. The third-order valence-electron chi connectivity index (χ3n) is 2.94. The summed E-state index contributed by atoms with van der Waals surface area (Å²) in [5, 5.41) is 0. The van der Waals surface area contributed by atoms with E-state index in [0.29, 0.717) is 0 Å². The topological polar surface area (TPSA) is 28.7 Å². The first-order valence-electron chi connectivity index (χ1n) is 5.88. The number of H-pyrrole nitrogens is 1. The molecule has 1 heterocycles. The molecule has 2 nitrogen and oxygen atoms in total. The van der Waals surface area contributed by atoms with Gasteiger partial charge in [0.1, 0.15) is 5.82 Å². The first-order chi connectivity index (χ1) is 7.76. The van der Waals surface area contributed by atoms with Crippen LogP contribution in [0.4, 0.5) is 0 Å². The summed E-state index contributed by atoms with van der Waals surface area (Å²) in [6, 6.07) is 4.52. The number of halogens is 1. The van der Waals surface area contributed by atoms with Crippen LogP contribution < -0.4 is 0 Å². The second-order valence-corrected chi connectivity index (χ2v) is 4.10. The van der Waals surface area contributed by atoms with Crippen LogP contribution in [0, 0.1) is 6.92 Å². The van der Waals surface area contributed by atoms with Crippen LogP contribution in [0.1, 0.15) is 30.5 Å². The van der Waals surface area contributed by atoms with Crippen molar-refractivity contribution in [2.24, 2.45) is 0 Å². The van der Waals surface area contributed by atoms with Gasteiger partial charge in [0.15, 0.2) is 0 Å². The first kappa shape index (κ1) is 13.8. The van der Waals surface area contributed by atoms with Gasteiger partial charge in [-0.3, -0.25) is 0 Å². The van der Waals surface area contributed by atoms with Crippen molar-refractivity contribution in [3.63, 3.8) is 0 Å². The molecule has 0 fully saturated rings. The number of hydrogen-bond acceptors (Lipinski definition) is 1. The molecule has 0 aliphatic rings. The van der Waals surface area contributed by atoms with Crippen LogP contribution >= 0.6 is 12.4 Å². The molecule has 0 bridgehead atoms. The normalized spacial score (nSPS) is 10.1. The van der Waals surface area contributed by atoms with Gasteiger partial charge in [-0.2, -0.15) is 0 Å². The maximum absolute atomic E-state index is 4.38. The zero-order chi connectivity index (χ0) is 11.5. The molecule has 2 rings (SSSR count). The molecule has 0 aliphatic carbocycles. The lowest BCUT2D eigenvalue weighted by molar-refractivity contribution is 1.07. The quantitative estimate of drug-likeness (QED) is 0.879. The highest BCUT2D eigenvalue weighted by atomic mass is 35.5. The van der Waals surface area contributed by atoms with Gasteiger partial charge >= 0.3 is 0 Å². The predicted molar refractivity (Wildman–Crippen MR) is 74.8 cm³/mol. The summed E-state index contributed by atoms with van der Waals surface area (Å²) in [5.74, 6) is 0.994. The number of benzene rings is 1. The average Bonchev–Trinajstić information content (AvgIpc) is 2.80. The van der Waals surface area contributed by atoms with E-state index < -0.39 is 0 Å². The molecule has 92 valence electrons. The van der Waals surface area contributed by atoms with Gasteiger partial charge in [-0.1, -0.05) is 31.5 Å². The fourth-order valence-electron chi connectivity index (χ4n) is 2.21. The molecule has 1 N–H and O–H groups in total. The Labute approximate surface area is 109 Å². The number of aromatic amines is 1. The molecule has 0 radical (unpaired) electrons. The molecule has 0 atom stereocenters. The molecule has 0 unspecified atom stereocenters. The van der Waals surface area contributed by atoms with Gasteiger partial charge in [0.25, 0.3) is 0 Å². The van der Waals surface area contributed by atoms with Gasteiger partial charge in [0.05, 0.1) is 0 Å². The Bertz CT molecular complexity index is 450. The molecule has 2 aromatic rings. The number of imidazole rings is 1. The molecule has 3 heteroatoms. The molecule has 17 heavy (non-hydrogen) atoms. The van der Waals surface area contributed by atoms with Gasteiger partial charge in [-0.05, 0) is 30.9 Å². The molecule has 1 aromatic carbocycles. The van der Waals surface area contributed by atoms with E-state index in [1.54, 1.807) is 0 Å². The van der Waals surface area contributed by atoms with Crippen molar-refractivity contribution in [1.82, 2.24) is 9.97 Å². The monoisotopic (exact) mass is 250 g/mol. The van der Waals surface area contributed by atoms with Crippen molar-refractivity contribution < 1.29 is 0 Å². The van der Waals surface area contributed by atoms with E-state index in [2.05, 4.69) is 42.9 Å². The van der Waals surface area contributed by atoms with Crippen molar-refractivity contribution in [3.05, 3.63) is 41.2 Å². The fourth-order valence-corrected chi connectivity index (χ4v) is 2.21. The van der Waals surface area contributed by atoms with E-state index in [1.807, 2.05) is 12.4 Å². The van der Waals surface area contributed by atoms with E-state index in [1.165, 1.54) is 22.3 Å². The molecular weight excluding hydrogens is 232 g/mol. The van der Waals surface area contributed by atoms with E-state index in [-0.39, 0.29) is 12.4 Å². The minimum Gasteiger partial charge on any atom is -0.345 e. The van der Waals surface area contributed by atoms with Crippen LogP contribution in [-0.2, 0) is 12.8 Å². The van der Waals surface area contributed by atoms with E-state index >= 15 is 0 Å². The zero-order valence-corrected chi connectivity index (χ0v) is 11.4. The predicted octanol–water partition coefficient (Wildman–Crippen LogP) is 3.93. The molecule has 0 aliphatic heterocycles. The van der Waals surface area contributed by atoms with Crippen LogP contribution in [0.5, 0.6) is 0 Å². The largest absolute Gasteiger partial charge is 0.345 e. The molecule has 0 saturated carbocycles. The summed E-state index contributed by atoms with van der Waals surface area (Å²) in [6.07, 6.45) is 5.79. The van der Waals surface area contributed by atoms with Gasteiger partial charge in [-0.25, -0.2) is 4.98 Å². The Morgan fingerprint density at radius 2 is 1.71 bits per heavy atom. The third kappa shape index (κ3) is 2.70. The molecule has 0 saturated heterocycles. The minimum atomic E-state index is 0. The van der Waals surface area contributed by atoms with Gasteiger partial charge in [0, 0.05) is 18.0 Å². The number of hydrogen-bond donors (Lipinski definition) is 1. The van der Waals surface area contributed by atoms with Crippen LogP contribution in [0.15, 0.2) is 24.5 Å². The standard InChI is InChI=1S/C14H18N2.ClH/c1-4-11-8-10(3)9-12(5-2)13(11)14-15-6-7-16-14;/h6-9H,4-5H2,1-3H3,(H,15,16);1H. The van der Waals surface area contributed by atoms with Crippen molar-refractivity contribution in [2.45, 2.75) is 33.6 Å². The Kier molecular flexibility index (Phi) is 4.76. The summed E-state index contributed by atoms with van der Waals surface area (Å²) >= 11 is 0. The molecule has 0 spiro atoms. The van der Waals surface area contributed by atoms with Crippen molar-refractivity contribution in [1.29, 1.82) is 0 Å². The van der Waals surface area contributed by atoms with Gasteiger partial charge in [0.2, 0.25) is 0 Å². The van der Waals surface area contributed by atoms with Crippen LogP contribution in [0.3, 0.4) is 0 Å². The number of aryl methyl sites for hydroxylation is 3. The van der Waals surface area contributed by atoms with Crippen LogP contribution in [-0.4, -0.2) is 9.97 Å². The molecule has 1 aromatic heterocycles. The van der Waals surface area contributed by atoms with Crippen molar-refractivity contribution in [2.75, 3.05) is 0 Å². The average molecular weight is 251 g/mol. The zero-order valence-electron chi connectivity index (χ0n) is 10.6. The maximum atomic E-state index is 4.38. The number of nitrogens with one attached hydrogen (secondary N) is 1. The second kappa shape index (κ2) is 5.87. The van der Waals surface area contributed by atoms with Gasteiger partial charge in [-0.15, -0.1) is 12.4 Å². The summed E-state index contributed by atoms with van der Waals surface area (Å²) in [4.78, 5) is 7.59. The van der Waals surface area contributed by atoms with E-state index in [9.17, 15) is 0 Å². The third-order valence-corrected chi connectivity index (χ3v) is 2.94. The summed E-state index contributed by atoms with van der Waals surface area (Å²) in [5.41, 5.74) is 5.39. The number of nitrogens with zero attached hydrogens (tertiary/aromatic N) is 1. The smallest absolute Gasteiger partial charge is 0.137 e. The molecule has 0 amide bonds. The second-order valence-electron chi connectivity index (χ2n) is 4.10. The van der Waals surface area contributed by atoms with Crippen molar-refractivity contribution >= 4 is 12.4 Å². The SMILES string of the molecule is CCc1cc(C)cc(CC)c1-c1ncc[nH]1.Cl. The summed E-state index contributed by atoms with van der Waals surface area (Å²) in [7, 11) is 0. The highest BCUT2D eigenvalue weighted by Crippen LogP contribution is 2.27. The lowest BCUT2D eigenvalue weighted by Gasteiger charge is -2.12. The molecular formula is C14H19ClN2. The van der Waals surface area contributed by atoms with E-state index in [0.717, 1.165) is 18.7 Å². The lowest BCUT2D eigenvalue weighted by Crippen LogP contribution is -1.97. The Morgan fingerprint density at radius 1 is 1.12 bits per heavy atom. The fraction of sp³-hybridized carbons (Fsp3) is 0.357. The summed E-state index contributed by atoms with van der Waals surface area (Å²) in [6.45, 7) is 6.55. The Hall–Kier alpha value is -1.28. The lowest BCUT2D eigenvalue weighted by atomic mass is 9.94. The minimum absolute atomic E-state index is 0. The van der Waals surface area contributed by atoms with Crippen LogP contribution in [0.25, 0.3) is 11.4 Å². The highest BCUT2D eigenvalue weighted by Gasteiger charge is 2.11. The summed E-state index contributed by atoms with van der Waals surface area (Å²) < 4.78 is 0. The Balaban J connectivity index is 0.00000144.